The molecular weight excluding hydrogens is 430 g/mol. The molecule has 3 aromatic rings. The molecule has 168 valence electrons. The zero-order chi connectivity index (χ0) is 22.5. The van der Waals surface area contributed by atoms with Crippen LogP contribution in [0.3, 0.4) is 0 Å². The van der Waals surface area contributed by atoms with Gasteiger partial charge < -0.3 is 19.1 Å². The second kappa shape index (κ2) is 9.90. The zero-order valence-electron chi connectivity index (χ0n) is 18.3. The second-order valence-electron chi connectivity index (χ2n) is 7.10. The molecule has 9 nitrogen and oxygen atoms in total. The van der Waals surface area contributed by atoms with Crippen molar-refractivity contribution in [3.63, 3.8) is 0 Å². The number of fused-ring (bicyclic) bond motifs is 1. The van der Waals surface area contributed by atoms with E-state index in [9.17, 15) is 4.79 Å². The van der Waals surface area contributed by atoms with Crippen molar-refractivity contribution in [3.05, 3.63) is 47.5 Å². The maximum Gasteiger partial charge on any atom is 0.233 e. The molecule has 4 rings (SSSR count). The summed E-state index contributed by atoms with van der Waals surface area (Å²) in [6.07, 6.45) is 0.769. The lowest BCUT2D eigenvalue weighted by atomic mass is 9.99. The Morgan fingerprint density at radius 1 is 1.09 bits per heavy atom. The highest BCUT2D eigenvalue weighted by Gasteiger charge is 2.24. The lowest BCUT2D eigenvalue weighted by Crippen LogP contribution is -2.37. The van der Waals surface area contributed by atoms with Crippen molar-refractivity contribution in [2.45, 2.75) is 25.0 Å². The number of amides is 1. The number of nitrogens with zero attached hydrogens (tertiary/aromatic N) is 5. The van der Waals surface area contributed by atoms with Crippen molar-refractivity contribution in [1.29, 1.82) is 0 Å². The average molecular weight is 456 g/mol. The quantitative estimate of drug-likeness (QED) is 0.479. The Morgan fingerprint density at radius 3 is 2.59 bits per heavy atom. The lowest BCUT2D eigenvalue weighted by molar-refractivity contribution is -0.129. The number of benzene rings is 2. The van der Waals surface area contributed by atoms with Gasteiger partial charge in [-0.05, 0) is 59.2 Å². The van der Waals surface area contributed by atoms with Gasteiger partial charge in [0.1, 0.15) is 11.4 Å². The highest BCUT2D eigenvalue weighted by molar-refractivity contribution is 7.99. The number of ether oxygens (including phenoxy) is 3. The van der Waals surface area contributed by atoms with Gasteiger partial charge in [-0.1, -0.05) is 23.9 Å². The molecular formula is C22H25N5O4S. The number of hydrogen-bond donors (Lipinski definition) is 0. The van der Waals surface area contributed by atoms with Crippen LogP contribution in [0.25, 0.3) is 5.69 Å². The number of tetrazole rings is 1. The Hall–Kier alpha value is -3.27. The molecule has 0 spiro atoms. The van der Waals surface area contributed by atoms with Crippen LogP contribution in [0.4, 0.5) is 0 Å². The van der Waals surface area contributed by atoms with Crippen molar-refractivity contribution in [3.8, 4) is 22.9 Å². The summed E-state index contributed by atoms with van der Waals surface area (Å²) in [5, 5.41) is 12.5. The fraction of sp³-hybridized carbons (Fsp3) is 0.364. The molecule has 0 radical (unpaired) electrons. The predicted octanol–water partition coefficient (Wildman–Crippen LogP) is 2.76. The Labute approximate surface area is 190 Å². The Kier molecular flexibility index (Phi) is 6.79. The van der Waals surface area contributed by atoms with Crippen LogP contribution in [0.15, 0.2) is 41.6 Å². The van der Waals surface area contributed by atoms with Gasteiger partial charge in [0.05, 0.1) is 26.6 Å². The minimum absolute atomic E-state index is 0.0306. The third-order valence-corrected chi connectivity index (χ3v) is 6.13. The molecule has 0 fully saturated rings. The first-order valence-electron chi connectivity index (χ1n) is 10.3. The molecule has 0 bridgehead atoms. The van der Waals surface area contributed by atoms with Gasteiger partial charge in [-0.15, -0.1) is 5.10 Å². The summed E-state index contributed by atoms with van der Waals surface area (Å²) in [5.74, 6) is 2.33. The number of carbonyl (C=O) groups is 1. The third kappa shape index (κ3) is 4.50. The van der Waals surface area contributed by atoms with E-state index in [0.717, 1.165) is 17.7 Å². The summed E-state index contributed by atoms with van der Waals surface area (Å²) in [5.41, 5.74) is 2.99. The van der Waals surface area contributed by atoms with Crippen LogP contribution in [-0.2, 0) is 17.8 Å². The number of thioether (sulfide) groups is 1. The van der Waals surface area contributed by atoms with Gasteiger partial charge in [0, 0.05) is 13.1 Å². The van der Waals surface area contributed by atoms with Crippen molar-refractivity contribution < 1.29 is 19.0 Å². The van der Waals surface area contributed by atoms with Crippen LogP contribution in [0, 0.1) is 0 Å². The molecule has 32 heavy (non-hydrogen) atoms. The van der Waals surface area contributed by atoms with Crippen LogP contribution in [0.2, 0.25) is 0 Å². The first-order valence-corrected chi connectivity index (χ1v) is 11.3. The van der Waals surface area contributed by atoms with E-state index in [2.05, 4.69) is 15.5 Å². The van der Waals surface area contributed by atoms with Crippen molar-refractivity contribution in [2.75, 3.05) is 33.1 Å². The Morgan fingerprint density at radius 2 is 1.84 bits per heavy atom. The minimum Gasteiger partial charge on any atom is -0.493 e. The normalized spacial score (nSPS) is 12.9. The van der Waals surface area contributed by atoms with Crippen LogP contribution >= 0.6 is 11.8 Å². The molecule has 0 atom stereocenters. The maximum absolute atomic E-state index is 12.9. The van der Waals surface area contributed by atoms with E-state index >= 15 is 0 Å². The third-order valence-electron chi connectivity index (χ3n) is 5.23. The van der Waals surface area contributed by atoms with Gasteiger partial charge in [0.2, 0.25) is 11.1 Å². The van der Waals surface area contributed by atoms with E-state index in [0.29, 0.717) is 42.1 Å². The highest BCUT2D eigenvalue weighted by atomic mass is 32.2. The number of rotatable bonds is 8. The summed E-state index contributed by atoms with van der Waals surface area (Å²) < 4.78 is 18.1. The maximum atomic E-state index is 12.9. The zero-order valence-corrected chi connectivity index (χ0v) is 19.1. The van der Waals surface area contributed by atoms with E-state index in [-0.39, 0.29) is 11.7 Å². The summed E-state index contributed by atoms with van der Waals surface area (Å²) >= 11 is 1.31. The van der Waals surface area contributed by atoms with Crippen LogP contribution in [0.1, 0.15) is 18.1 Å². The molecule has 1 aromatic heterocycles. The lowest BCUT2D eigenvalue weighted by Gasteiger charge is -2.29. The number of para-hydroxylation sites is 2. The summed E-state index contributed by atoms with van der Waals surface area (Å²) in [6, 6.07) is 11.5. The monoisotopic (exact) mass is 455 g/mol. The molecule has 0 saturated heterocycles. The summed E-state index contributed by atoms with van der Waals surface area (Å²) in [7, 11) is 3.24. The Balaban J connectivity index is 1.45. The average Bonchev–Trinajstić information content (AvgIpc) is 3.30. The SMILES string of the molecule is CCOc1ccccc1-n1nnnc1SCC(=O)N1CCc2cc(OC)c(OC)cc2C1. The first kappa shape index (κ1) is 21.9. The minimum atomic E-state index is 0.0306. The van der Waals surface area contributed by atoms with Gasteiger partial charge in [-0.3, -0.25) is 4.79 Å². The molecule has 1 amide bonds. The van der Waals surface area contributed by atoms with Crippen molar-refractivity contribution in [1.82, 2.24) is 25.1 Å². The molecule has 10 heteroatoms. The van der Waals surface area contributed by atoms with Gasteiger partial charge in [-0.2, -0.15) is 4.68 Å². The van der Waals surface area contributed by atoms with E-state index in [1.165, 1.54) is 17.3 Å². The van der Waals surface area contributed by atoms with Crippen LogP contribution < -0.4 is 14.2 Å². The number of hydrogen-bond acceptors (Lipinski definition) is 8. The van der Waals surface area contributed by atoms with Gasteiger partial charge in [0.25, 0.3) is 0 Å². The van der Waals surface area contributed by atoms with Gasteiger partial charge in [-0.25, -0.2) is 0 Å². The molecule has 0 aliphatic carbocycles. The van der Waals surface area contributed by atoms with E-state index in [1.54, 1.807) is 18.9 Å². The Bertz CT molecular complexity index is 1100. The highest BCUT2D eigenvalue weighted by Crippen LogP contribution is 2.33. The van der Waals surface area contributed by atoms with E-state index < -0.39 is 0 Å². The van der Waals surface area contributed by atoms with E-state index in [1.807, 2.05) is 48.2 Å². The molecule has 1 aliphatic rings. The molecule has 2 aromatic carbocycles. The van der Waals surface area contributed by atoms with E-state index in [4.69, 9.17) is 14.2 Å². The number of carbonyl (C=O) groups excluding carboxylic acids is 1. The van der Waals surface area contributed by atoms with Crippen molar-refractivity contribution in [2.24, 2.45) is 0 Å². The first-order chi connectivity index (χ1) is 15.6. The second-order valence-corrected chi connectivity index (χ2v) is 8.05. The van der Waals surface area contributed by atoms with Gasteiger partial charge >= 0.3 is 0 Å². The fourth-order valence-electron chi connectivity index (χ4n) is 3.64. The van der Waals surface area contributed by atoms with Crippen LogP contribution in [-0.4, -0.2) is 64.1 Å². The largest absolute Gasteiger partial charge is 0.493 e. The molecule has 0 N–H and O–H groups in total. The number of methoxy groups -OCH3 is 2. The number of aromatic nitrogens is 4. The fourth-order valence-corrected chi connectivity index (χ4v) is 4.43. The topological polar surface area (TPSA) is 91.6 Å². The molecule has 2 heterocycles. The summed E-state index contributed by atoms with van der Waals surface area (Å²) in [4.78, 5) is 14.8. The molecule has 1 aliphatic heterocycles. The molecule has 0 unspecified atom stereocenters. The summed E-state index contributed by atoms with van der Waals surface area (Å²) in [6.45, 7) is 3.65. The van der Waals surface area contributed by atoms with Crippen LogP contribution in [0.5, 0.6) is 17.2 Å². The predicted molar refractivity (Wildman–Crippen MR) is 120 cm³/mol. The van der Waals surface area contributed by atoms with Gasteiger partial charge in [0.15, 0.2) is 11.5 Å². The smallest absolute Gasteiger partial charge is 0.233 e. The standard InChI is InChI=1S/C22H25N5O4S/c1-4-31-18-8-6-5-7-17(18)27-22(23-24-25-27)32-14-21(28)26-10-9-15-11-19(29-2)20(30-3)12-16(15)13-26/h5-8,11-12H,4,9-10,13-14H2,1-3H3. The molecule has 0 saturated carbocycles. The van der Waals surface area contributed by atoms with Crippen molar-refractivity contribution >= 4 is 17.7 Å².